The predicted octanol–water partition coefficient (Wildman–Crippen LogP) is 3.93. The minimum absolute atomic E-state index is 0.407. The summed E-state index contributed by atoms with van der Waals surface area (Å²) in [5.41, 5.74) is 1.96. The second-order valence-corrected chi connectivity index (χ2v) is 4.49. The van der Waals surface area contributed by atoms with E-state index in [4.69, 9.17) is 13.9 Å². The standard InChI is InChI=1S/C17H15NO3/c1-19-15-9-7-14(8-10-15)17-18-11-16(21-17)20-12-13-5-3-2-4-6-13/h2-11H,12H2,1H3. The molecule has 1 heterocycles. The van der Waals surface area contributed by atoms with Gasteiger partial charge in [0.15, 0.2) is 0 Å². The van der Waals surface area contributed by atoms with Crippen molar-refractivity contribution in [2.75, 3.05) is 7.11 Å². The van der Waals surface area contributed by atoms with Crippen molar-refractivity contribution in [1.82, 2.24) is 4.98 Å². The molecule has 0 radical (unpaired) electrons. The molecule has 2 aromatic carbocycles. The Balaban J connectivity index is 1.68. The second-order valence-electron chi connectivity index (χ2n) is 4.49. The Morgan fingerprint density at radius 3 is 2.48 bits per heavy atom. The molecule has 0 aliphatic heterocycles. The van der Waals surface area contributed by atoms with E-state index in [2.05, 4.69) is 4.98 Å². The fraction of sp³-hybridized carbons (Fsp3) is 0.118. The molecule has 0 saturated heterocycles. The molecular weight excluding hydrogens is 266 g/mol. The van der Waals surface area contributed by atoms with Gasteiger partial charge in [-0.1, -0.05) is 30.3 Å². The highest BCUT2D eigenvalue weighted by Crippen LogP contribution is 2.25. The van der Waals surface area contributed by atoms with Crippen LogP contribution in [0.3, 0.4) is 0 Å². The van der Waals surface area contributed by atoms with Crippen molar-refractivity contribution in [2.24, 2.45) is 0 Å². The lowest BCUT2D eigenvalue weighted by Crippen LogP contribution is -1.93. The number of nitrogens with zero attached hydrogens (tertiary/aromatic N) is 1. The number of benzene rings is 2. The van der Waals surface area contributed by atoms with Gasteiger partial charge >= 0.3 is 5.95 Å². The number of hydrogen-bond donors (Lipinski definition) is 0. The summed E-state index contributed by atoms with van der Waals surface area (Å²) in [4.78, 5) is 4.22. The molecule has 4 heteroatoms. The molecule has 0 N–H and O–H groups in total. The van der Waals surface area contributed by atoms with Crippen LogP contribution in [0.5, 0.6) is 11.7 Å². The zero-order chi connectivity index (χ0) is 14.5. The Morgan fingerprint density at radius 1 is 1.00 bits per heavy atom. The van der Waals surface area contributed by atoms with E-state index in [1.54, 1.807) is 13.3 Å². The Hall–Kier alpha value is -2.75. The molecule has 0 amide bonds. The summed E-state index contributed by atoms with van der Waals surface area (Å²) < 4.78 is 16.3. The first-order valence-corrected chi connectivity index (χ1v) is 6.62. The zero-order valence-corrected chi connectivity index (χ0v) is 11.7. The van der Waals surface area contributed by atoms with Gasteiger partial charge in [-0.15, -0.1) is 0 Å². The molecule has 3 rings (SSSR count). The van der Waals surface area contributed by atoms with Gasteiger partial charge in [0.1, 0.15) is 18.6 Å². The predicted molar refractivity (Wildman–Crippen MR) is 79.3 cm³/mol. The number of methoxy groups -OCH3 is 1. The third-order valence-corrected chi connectivity index (χ3v) is 3.05. The van der Waals surface area contributed by atoms with Gasteiger partial charge in [-0.05, 0) is 29.8 Å². The molecule has 1 aromatic heterocycles. The number of rotatable bonds is 5. The lowest BCUT2D eigenvalue weighted by Gasteiger charge is -2.02. The van der Waals surface area contributed by atoms with Gasteiger partial charge in [-0.3, -0.25) is 0 Å². The summed E-state index contributed by atoms with van der Waals surface area (Å²) in [7, 11) is 1.63. The van der Waals surface area contributed by atoms with Crippen molar-refractivity contribution in [2.45, 2.75) is 6.61 Å². The quantitative estimate of drug-likeness (QED) is 0.710. The topological polar surface area (TPSA) is 44.5 Å². The van der Waals surface area contributed by atoms with Gasteiger partial charge in [-0.2, -0.15) is 0 Å². The summed E-state index contributed by atoms with van der Waals surface area (Å²) >= 11 is 0. The minimum Gasteiger partial charge on any atom is -0.497 e. The van der Waals surface area contributed by atoms with Gasteiger partial charge in [0.05, 0.1) is 7.11 Å². The second kappa shape index (κ2) is 6.13. The first-order chi connectivity index (χ1) is 10.3. The van der Waals surface area contributed by atoms with Crippen molar-refractivity contribution in [3.63, 3.8) is 0 Å². The van der Waals surface area contributed by atoms with E-state index in [-0.39, 0.29) is 0 Å². The average Bonchev–Trinajstić information content (AvgIpc) is 3.03. The number of aromatic nitrogens is 1. The molecule has 0 spiro atoms. The molecule has 0 fully saturated rings. The lowest BCUT2D eigenvalue weighted by molar-refractivity contribution is 0.235. The van der Waals surface area contributed by atoms with Gasteiger partial charge < -0.3 is 13.9 Å². The normalized spacial score (nSPS) is 10.3. The van der Waals surface area contributed by atoms with Gasteiger partial charge in [0.25, 0.3) is 0 Å². The highest BCUT2D eigenvalue weighted by molar-refractivity contribution is 5.54. The largest absolute Gasteiger partial charge is 0.497 e. The summed E-state index contributed by atoms with van der Waals surface area (Å²) in [5, 5.41) is 0. The van der Waals surface area contributed by atoms with Crippen LogP contribution in [0.15, 0.2) is 65.2 Å². The van der Waals surface area contributed by atoms with E-state index in [9.17, 15) is 0 Å². The SMILES string of the molecule is COc1ccc(-c2ncc(OCc3ccccc3)o2)cc1. The summed E-state index contributed by atoms with van der Waals surface area (Å²) in [6.45, 7) is 0.456. The highest BCUT2D eigenvalue weighted by atomic mass is 16.6. The molecule has 4 nitrogen and oxygen atoms in total. The Kier molecular flexibility index (Phi) is 3.87. The first kappa shape index (κ1) is 13.2. The van der Waals surface area contributed by atoms with Crippen LogP contribution in [0.2, 0.25) is 0 Å². The van der Waals surface area contributed by atoms with E-state index in [0.717, 1.165) is 16.9 Å². The molecular formula is C17H15NO3. The van der Waals surface area contributed by atoms with Crippen molar-refractivity contribution < 1.29 is 13.9 Å². The Bertz CT molecular complexity index is 690. The molecule has 0 saturated carbocycles. The monoisotopic (exact) mass is 281 g/mol. The van der Waals surface area contributed by atoms with Crippen molar-refractivity contribution in [3.8, 4) is 23.1 Å². The lowest BCUT2D eigenvalue weighted by atomic mass is 10.2. The van der Waals surface area contributed by atoms with Crippen LogP contribution >= 0.6 is 0 Å². The maximum atomic E-state index is 5.59. The average molecular weight is 281 g/mol. The molecule has 0 aliphatic carbocycles. The van der Waals surface area contributed by atoms with E-state index >= 15 is 0 Å². The van der Waals surface area contributed by atoms with Crippen molar-refractivity contribution in [3.05, 3.63) is 66.4 Å². The van der Waals surface area contributed by atoms with E-state index in [1.807, 2.05) is 54.6 Å². The minimum atomic E-state index is 0.407. The first-order valence-electron chi connectivity index (χ1n) is 6.62. The van der Waals surface area contributed by atoms with E-state index in [0.29, 0.717) is 18.4 Å². The fourth-order valence-electron chi connectivity index (χ4n) is 1.92. The Labute approximate surface area is 123 Å². The number of ether oxygens (including phenoxy) is 2. The molecule has 106 valence electrons. The van der Waals surface area contributed by atoms with Gasteiger partial charge in [0.2, 0.25) is 5.89 Å². The van der Waals surface area contributed by atoms with Crippen LogP contribution in [-0.4, -0.2) is 12.1 Å². The third kappa shape index (κ3) is 3.23. The maximum Gasteiger partial charge on any atom is 0.305 e. The molecule has 0 unspecified atom stereocenters. The van der Waals surface area contributed by atoms with E-state index < -0.39 is 0 Å². The van der Waals surface area contributed by atoms with Crippen LogP contribution in [0.4, 0.5) is 0 Å². The van der Waals surface area contributed by atoms with Crippen molar-refractivity contribution in [1.29, 1.82) is 0 Å². The van der Waals surface area contributed by atoms with Gasteiger partial charge in [-0.25, -0.2) is 4.98 Å². The maximum absolute atomic E-state index is 5.59. The zero-order valence-electron chi connectivity index (χ0n) is 11.7. The van der Waals surface area contributed by atoms with Crippen LogP contribution in [-0.2, 0) is 6.61 Å². The Morgan fingerprint density at radius 2 is 1.76 bits per heavy atom. The molecule has 21 heavy (non-hydrogen) atoms. The van der Waals surface area contributed by atoms with Crippen LogP contribution in [0.1, 0.15) is 5.56 Å². The van der Waals surface area contributed by atoms with E-state index in [1.165, 1.54) is 0 Å². The molecule has 3 aromatic rings. The van der Waals surface area contributed by atoms with Crippen LogP contribution < -0.4 is 9.47 Å². The smallest absolute Gasteiger partial charge is 0.305 e. The van der Waals surface area contributed by atoms with Crippen LogP contribution in [0.25, 0.3) is 11.5 Å². The molecule has 0 bridgehead atoms. The summed E-state index contributed by atoms with van der Waals surface area (Å²) in [6, 6.07) is 17.4. The summed E-state index contributed by atoms with van der Waals surface area (Å²) in [6.07, 6.45) is 1.59. The number of oxazole rings is 1. The van der Waals surface area contributed by atoms with Gasteiger partial charge in [0, 0.05) is 5.56 Å². The highest BCUT2D eigenvalue weighted by Gasteiger charge is 2.07. The van der Waals surface area contributed by atoms with Crippen molar-refractivity contribution >= 4 is 0 Å². The molecule has 0 aliphatic rings. The third-order valence-electron chi connectivity index (χ3n) is 3.05. The summed E-state index contributed by atoms with van der Waals surface area (Å²) in [5.74, 6) is 1.73. The fourth-order valence-corrected chi connectivity index (χ4v) is 1.92. The molecule has 0 atom stereocenters. The van der Waals surface area contributed by atoms with Crippen LogP contribution in [0, 0.1) is 0 Å². The number of hydrogen-bond acceptors (Lipinski definition) is 4.